The van der Waals surface area contributed by atoms with Gasteiger partial charge in [0.1, 0.15) is 0 Å². The van der Waals surface area contributed by atoms with E-state index in [9.17, 15) is 10.2 Å². The Labute approximate surface area is 76.5 Å². The average Bonchev–Trinajstić information content (AvgIpc) is 2.18. The van der Waals surface area contributed by atoms with E-state index in [1.165, 1.54) is 7.05 Å². The molecule has 0 aliphatic heterocycles. The molecule has 13 heavy (non-hydrogen) atoms. The van der Waals surface area contributed by atoms with Crippen molar-refractivity contribution in [3.63, 3.8) is 0 Å². The minimum atomic E-state index is -2.01. The number of rotatable bonds is 3. The van der Waals surface area contributed by atoms with Crippen LogP contribution in [-0.2, 0) is 12.5 Å². The highest BCUT2D eigenvalue weighted by atomic mass is 16.5. The van der Waals surface area contributed by atoms with Crippen molar-refractivity contribution < 1.29 is 15.3 Å². The van der Waals surface area contributed by atoms with Gasteiger partial charge in [0.25, 0.3) is 0 Å². The first-order chi connectivity index (χ1) is 6.10. The zero-order valence-corrected chi connectivity index (χ0v) is 7.36. The van der Waals surface area contributed by atoms with Crippen LogP contribution in [0.4, 0.5) is 0 Å². The summed E-state index contributed by atoms with van der Waals surface area (Å²) in [6.07, 6.45) is 0. The summed E-state index contributed by atoms with van der Waals surface area (Å²) < 4.78 is 0. The zero-order valence-electron chi connectivity index (χ0n) is 7.36. The van der Waals surface area contributed by atoms with Gasteiger partial charge in [-0.1, -0.05) is 24.3 Å². The van der Waals surface area contributed by atoms with Crippen LogP contribution < -0.4 is 5.32 Å². The lowest BCUT2D eigenvalue weighted by atomic mass is 10.1. The number of hydrogen-bond donors (Lipinski definition) is 4. The average molecular weight is 183 g/mol. The van der Waals surface area contributed by atoms with E-state index in [0.29, 0.717) is 5.56 Å². The molecule has 1 aromatic rings. The fourth-order valence-corrected chi connectivity index (χ4v) is 0.987. The molecule has 0 heterocycles. The quantitative estimate of drug-likeness (QED) is 0.476. The first kappa shape index (κ1) is 10.1. The summed E-state index contributed by atoms with van der Waals surface area (Å²) >= 11 is 0. The van der Waals surface area contributed by atoms with Crippen molar-refractivity contribution in [3.05, 3.63) is 35.4 Å². The van der Waals surface area contributed by atoms with Gasteiger partial charge in [-0.2, -0.15) is 0 Å². The highest BCUT2D eigenvalue weighted by molar-refractivity contribution is 5.24. The standard InChI is InChI=1S/C9H13NO3/c1-10-9(12,13)8-4-2-7(6-11)3-5-8/h2-5,10-13H,6H2,1H3. The van der Waals surface area contributed by atoms with Gasteiger partial charge in [0.05, 0.1) is 6.61 Å². The molecular formula is C9H13NO3. The maximum Gasteiger partial charge on any atom is 0.250 e. The summed E-state index contributed by atoms with van der Waals surface area (Å²) in [7, 11) is 1.44. The molecule has 0 aromatic heterocycles. The van der Waals surface area contributed by atoms with Crippen LogP contribution in [0.25, 0.3) is 0 Å². The van der Waals surface area contributed by atoms with Gasteiger partial charge in [-0.3, -0.25) is 5.32 Å². The van der Waals surface area contributed by atoms with Crippen molar-refractivity contribution in [1.29, 1.82) is 0 Å². The van der Waals surface area contributed by atoms with Gasteiger partial charge in [0.15, 0.2) is 0 Å². The Morgan fingerprint density at radius 2 is 1.77 bits per heavy atom. The van der Waals surface area contributed by atoms with Gasteiger partial charge in [0.2, 0.25) is 5.91 Å². The molecule has 0 aliphatic rings. The van der Waals surface area contributed by atoms with Crippen molar-refractivity contribution in [1.82, 2.24) is 5.32 Å². The maximum atomic E-state index is 9.34. The van der Waals surface area contributed by atoms with Crippen LogP contribution in [0.15, 0.2) is 24.3 Å². The summed E-state index contributed by atoms with van der Waals surface area (Å²) in [5.74, 6) is -2.01. The lowest BCUT2D eigenvalue weighted by Gasteiger charge is -2.20. The molecule has 0 saturated carbocycles. The molecule has 0 aliphatic carbocycles. The zero-order chi connectivity index (χ0) is 9.90. The van der Waals surface area contributed by atoms with E-state index in [1.54, 1.807) is 24.3 Å². The number of aliphatic hydroxyl groups excluding tert-OH is 1. The van der Waals surface area contributed by atoms with E-state index in [0.717, 1.165) is 5.56 Å². The van der Waals surface area contributed by atoms with Crippen LogP contribution in [0.1, 0.15) is 11.1 Å². The summed E-state index contributed by atoms with van der Waals surface area (Å²) in [5, 5.41) is 29.8. The summed E-state index contributed by atoms with van der Waals surface area (Å²) in [6, 6.07) is 6.35. The Morgan fingerprint density at radius 1 is 1.23 bits per heavy atom. The lowest BCUT2D eigenvalue weighted by molar-refractivity contribution is -0.190. The molecule has 0 amide bonds. The van der Waals surface area contributed by atoms with Gasteiger partial charge in [-0.15, -0.1) is 0 Å². The van der Waals surface area contributed by atoms with Gasteiger partial charge >= 0.3 is 0 Å². The minimum Gasteiger partial charge on any atom is -0.392 e. The van der Waals surface area contributed by atoms with E-state index in [4.69, 9.17) is 5.11 Å². The van der Waals surface area contributed by atoms with Crippen molar-refractivity contribution in [2.24, 2.45) is 0 Å². The third-order valence-electron chi connectivity index (χ3n) is 1.89. The van der Waals surface area contributed by atoms with Crippen molar-refractivity contribution in [2.75, 3.05) is 7.05 Å². The summed E-state index contributed by atoms with van der Waals surface area (Å²) in [5.41, 5.74) is 1.07. The van der Waals surface area contributed by atoms with E-state index < -0.39 is 5.91 Å². The van der Waals surface area contributed by atoms with Crippen molar-refractivity contribution in [2.45, 2.75) is 12.5 Å². The van der Waals surface area contributed by atoms with Gasteiger partial charge in [0, 0.05) is 5.56 Å². The van der Waals surface area contributed by atoms with E-state index in [2.05, 4.69) is 5.32 Å². The molecule has 0 spiro atoms. The monoisotopic (exact) mass is 183 g/mol. The number of nitrogens with one attached hydrogen (secondary N) is 1. The van der Waals surface area contributed by atoms with Crippen LogP contribution in [0.2, 0.25) is 0 Å². The lowest BCUT2D eigenvalue weighted by Crippen LogP contribution is -2.39. The number of hydrogen-bond acceptors (Lipinski definition) is 4. The van der Waals surface area contributed by atoms with Gasteiger partial charge < -0.3 is 15.3 Å². The first-order valence-corrected chi connectivity index (χ1v) is 3.94. The highest BCUT2D eigenvalue weighted by Crippen LogP contribution is 2.14. The third-order valence-corrected chi connectivity index (χ3v) is 1.89. The van der Waals surface area contributed by atoms with Crippen molar-refractivity contribution in [3.8, 4) is 0 Å². The van der Waals surface area contributed by atoms with Crippen LogP contribution in [0.3, 0.4) is 0 Å². The predicted molar refractivity (Wildman–Crippen MR) is 47.5 cm³/mol. The second-order valence-corrected chi connectivity index (χ2v) is 2.78. The fraction of sp³-hybridized carbons (Fsp3) is 0.333. The first-order valence-electron chi connectivity index (χ1n) is 3.94. The normalized spacial score (nSPS) is 11.7. The van der Waals surface area contributed by atoms with Crippen LogP contribution in [-0.4, -0.2) is 22.4 Å². The molecule has 72 valence electrons. The largest absolute Gasteiger partial charge is 0.392 e. The molecule has 0 unspecified atom stereocenters. The van der Waals surface area contributed by atoms with Crippen molar-refractivity contribution >= 4 is 0 Å². The van der Waals surface area contributed by atoms with Crippen LogP contribution >= 0.6 is 0 Å². The molecule has 0 atom stereocenters. The molecule has 0 bridgehead atoms. The second-order valence-electron chi connectivity index (χ2n) is 2.78. The third kappa shape index (κ3) is 2.26. The highest BCUT2D eigenvalue weighted by Gasteiger charge is 2.22. The molecule has 1 aromatic carbocycles. The Morgan fingerprint density at radius 3 is 2.15 bits per heavy atom. The Hall–Kier alpha value is -0.940. The SMILES string of the molecule is CNC(O)(O)c1ccc(CO)cc1. The molecule has 0 saturated heterocycles. The topological polar surface area (TPSA) is 72.7 Å². The summed E-state index contributed by atoms with van der Waals surface area (Å²) in [4.78, 5) is 0. The minimum absolute atomic E-state index is 0.0519. The smallest absolute Gasteiger partial charge is 0.250 e. The number of benzene rings is 1. The van der Waals surface area contributed by atoms with E-state index in [-0.39, 0.29) is 6.61 Å². The van der Waals surface area contributed by atoms with Crippen LogP contribution in [0, 0.1) is 0 Å². The molecule has 4 heteroatoms. The second kappa shape index (κ2) is 3.85. The Kier molecular flexibility index (Phi) is 3.00. The number of aliphatic hydroxyl groups is 3. The summed E-state index contributed by atoms with van der Waals surface area (Å²) in [6.45, 7) is -0.0519. The molecule has 1 rings (SSSR count). The fourth-order valence-electron chi connectivity index (χ4n) is 0.987. The Balaban J connectivity index is 2.92. The Bertz CT molecular complexity index is 269. The molecule has 0 radical (unpaired) electrons. The van der Waals surface area contributed by atoms with E-state index in [1.807, 2.05) is 0 Å². The maximum absolute atomic E-state index is 9.34. The van der Waals surface area contributed by atoms with E-state index >= 15 is 0 Å². The molecule has 0 fully saturated rings. The predicted octanol–water partition coefficient (Wildman–Crippen LogP) is -0.507. The molecular weight excluding hydrogens is 170 g/mol. The molecule has 4 N–H and O–H groups in total. The van der Waals surface area contributed by atoms with Crippen LogP contribution in [0.5, 0.6) is 0 Å². The van der Waals surface area contributed by atoms with Gasteiger partial charge in [-0.25, -0.2) is 0 Å². The molecule has 4 nitrogen and oxygen atoms in total. The van der Waals surface area contributed by atoms with Gasteiger partial charge in [-0.05, 0) is 12.6 Å².